The Balaban J connectivity index is 2.11. The quantitative estimate of drug-likeness (QED) is 0.611. The summed E-state index contributed by atoms with van der Waals surface area (Å²) in [5.41, 5.74) is 3.37. The van der Waals surface area contributed by atoms with E-state index < -0.39 is 8.07 Å². The molecule has 0 radical (unpaired) electrons. The third kappa shape index (κ3) is 4.20. The highest BCUT2D eigenvalue weighted by atomic mass is 28.3. The summed E-state index contributed by atoms with van der Waals surface area (Å²) in [5.74, 6) is 0. The molecular weight excluding hydrogens is 284 g/mol. The first-order chi connectivity index (χ1) is 10.4. The molecular formula is C20H30OSi. The van der Waals surface area contributed by atoms with E-state index in [4.69, 9.17) is 0 Å². The van der Waals surface area contributed by atoms with Crippen molar-refractivity contribution in [3.8, 4) is 0 Å². The number of hydrogen-bond acceptors (Lipinski definition) is 1. The van der Waals surface area contributed by atoms with Gasteiger partial charge in [-0.1, -0.05) is 71.9 Å². The van der Waals surface area contributed by atoms with E-state index in [0.717, 1.165) is 25.7 Å². The third-order valence-corrected chi connectivity index (χ3v) is 9.32. The SMILES string of the molecule is CC(C)=CCCC1=CC[C@H](O)[C@@H]([Si](C)(C)c2ccccc2)C1. The maximum absolute atomic E-state index is 10.6. The maximum atomic E-state index is 10.6. The summed E-state index contributed by atoms with van der Waals surface area (Å²) in [6.45, 7) is 9.14. The number of allylic oxidation sites excluding steroid dienone is 3. The van der Waals surface area contributed by atoms with Crippen LogP contribution < -0.4 is 5.19 Å². The molecule has 1 nitrogen and oxygen atoms in total. The molecule has 0 saturated carbocycles. The summed E-state index contributed by atoms with van der Waals surface area (Å²) in [5, 5.41) is 12.0. The molecule has 2 heteroatoms. The highest BCUT2D eigenvalue weighted by Crippen LogP contribution is 2.38. The van der Waals surface area contributed by atoms with Crippen molar-refractivity contribution >= 4 is 13.3 Å². The van der Waals surface area contributed by atoms with E-state index in [9.17, 15) is 5.11 Å². The first kappa shape index (κ1) is 17.2. The highest BCUT2D eigenvalue weighted by molar-refractivity contribution is 6.91. The van der Waals surface area contributed by atoms with Crippen LogP contribution in [-0.4, -0.2) is 19.3 Å². The molecule has 1 aliphatic rings. The van der Waals surface area contributed by atoms with Crippen LogP contribution in [0.15, 0.2) is 53.6 Å². The second-order valence-electron chi connectivity index (χ2n) is 7.38. The molecule has 0 bridgehead atoms. The highest BCUT2D eigenvalue weighted by Gasteiger charge is 2.39. The minimum atomic E-state index is -1.65. The predicted molar refractivity (Wildman–Crippen MR) is 99.3 cm³/mol. The van der Waals surface area contributed by atoms with Gasteiger partial charge in [0, 0.05) is 0 Å². The van der Waals surface area contributed by atoms with Gasteiger partial charge in [-0.25, -0.2) is 0 Å². The molecule has 0 amide bonds. The Morgan fingerprint density at radius 3 is 2.55 bits per heavy atom. The third-order valence-electron chi connectivity index (χ3n) is 5.06. The Morgan fingerprint density at radius 1 is 1.23 bits per heavy atom. The average molecular weight is 315 g/mol. The number of aliphatic hydroxyl groups excluding tert-OH is 1. The van der Waals surface area contributed by atoms with Crippen molar-refractivity contribution in [3.63, 3.8) is 0 Å². The second kappa shape index (κ2) is 7.43. The molecule has 1 aromatic rings. The molecule has 2 atom stereocenters. The van der Waals surface area contributed by atoms with Crippen LogP contribution in [0.1, 0.15) is 39.5 Å². The minimum Gasteiger partial charge on any atom is -0.393 e. The van der Waals surface area contributed by atoms with Gasteiger partial charge < -0.3 is 5.11 Å². The Kier molecular flexibility index (Phi) is 5.82. The molecule has 0 unspecified atom stereocenters. The molecule has 0 heterocycles. The standard InChI is InChI=1S/C20H30OSi/c1-16(2)9-8-10-17-13-14-19(21)20(15-17)22(3,4)18-11-6-5-7-12-18/h5-7,9,11-13,19-21H,8,10,14-15H2,1-4H3/t19-,20-/m0/s1. The van der Waals surface area contributed by atoms with Gasteiger partial charge in [0.1, 0.15) is 0 Å². The number of rotatable bonds is 5. The summed E-state index contributed by atoms with van der Waals surface area (Å²) < 4.78 is 0. The fraction of sp³-hybridized carbons (Fsp3) is 0.500. The van der Waals surface area contributed by atoms with Gasteiger partial charge in [0.05, 0.1) is 14.2 Å². The molecule has 0 aromatic heterocycles. The fourth-order valence-corrected chi connectivity index (χ4v) is 6.87. The lowest BCUT2D eigenvalue weighted by Gasteiger charge is -2.39. The zero-order valence-corrected chi connectivity index (χ0v) is 15.5. The lowest BCUT2D eigenvalue weighted by Crippen LogP contribution is -2.50. The van der Waals surface area contributed by atoms with E-state index in [-0.39, 0.29) is 6.10 Å². The van der Waals surface area contributed by atoms with Crippen molar-refractivity contribution in [2.24, 2.45) is 0 Å². The van der Waals surface area contributed by atoms with Crippen LogP contribution in [0.3, 0.4) is 0 Å². The summed E-state index contributed by atoms with van der Waals surface area (Å²) >= 11 is 0. The van der Waals surface area contributed by atoms with Crippen LogP contribution >= 0.6 is 0 Å². The maximum Gasteiger partial charge on any atom is 0.0865 e. The van der Waals surface area contributed by atoms with Gasteiger partial charge in [-0.3, -0.25) is 0 Å². The Bertz CT molecular complexity index is 538. The fourth-order valence-electron chi connectivity index (χ4n) is 3.52. The average Bonchev–Trinajstić information content (AvgIpc) is 2.49. The van der Waals surface area contributed by atoms with Gasteiger partial charge in [-0.05, 0) is 45.1 Å². The summed E-state index contributed by atoms with van der Waals surface area (Å²) in [4.78, 5) is 0. The van der Waals surface area contributed by atoms with E-state index >= 15 is 0 Å². The first-order valence-corrected chi connectivity index (χ1v) is 11.5. The minimum absolute atomic E-state index is 0.172. The van der Waals surface area contributed by atoms with E-state index in [1.807, 2.05) is 0 Å². The van der Waals surface area contributed by atoms with Gasteiger partial charge in [-0.2, -0.15) is 0 Å². The monoisotopic (exact) mass is 314 g/mol. The molecule has 2 rings (SSSR count). The Morgan fingerprint density at radius 2 is 1.91 bits per heavy atom. The van der Waals surface area contributed by atoms with Crippen LogP contribution in [0.2, 0.25) is 18.6 Å². The zero-order chi connectivity index (χ0) is 16.2. The summed E-state index contributed by atoms with van der Waals surface area (Å²) in [7, 11) is -1.65. The van der Waals surface area contributed by atoms with E-state index in [1.54, 1.807) is 5.57 Å². The van der Waals surface area contributed by atoms with E-state index in [0.29, 0.717) is 5.54 Å². The van der Waals surface area contributed by atoms with Crippen LogP contribution in [0.25, 0.3) is 0 Å². The topological polar surface area (TPSA) is 20.2 Å². The van der Waals surface area contributed by atoms with Gasteiger partial charge in [0.2, 0.25) is 0 Å². The van der Waals surface area contributed by atoms with E-state index in [2.05, 4.69) is 69.4 Å². The Labute approximate surface area is 136 Å². The van der Waals surface area contributed by atoms with Crippen molar-refractivity contribution in [3.05, 3.63) is 53.6 Å². The molecule has 22 heavy (non-hydrogen) atoms. The van der Waals surface area contributed by atoms with Crippen molar-refractivity contribution in [1.82, 2.24) is 0 Å². The van der Waals surface area contributed by atoms with Crippen LogP contribution in [0.5, 0.6) is 0 Å². The second-order valence-corrected chi connectivity index (χ2v) is 12.1. The normalized spacial score (nSPS) is 22.1. The van der Waals surface area contributed by atoms with Gasteiger partial charge in [-0.15, -0.1) is 0 Å². The lowest BCUT2D eigenvalue weighted by molar-refractivity contribution is 0.159. The van der Waals surface area contributed by atoms with E-state index in [1.165, 1.54) is 10.8 Å². The summed E-state index contributed by atoms with van der Waals surface area (Å²) in [6.07, 6.45) is 8.62. The van der Waals surface area contributed by atoms with Crippen molar-refractivity contribution < 1.29 is 5.11 Å². The molecule has 1 aromatic carbocycles. The molecule has 0 spiro atoms. The number of hydrogen-bond donors (Lipinski definition) is 1. The van der Waals surface area contributed by atoms with Gasteiger partial charge in [0.15, 0.2) is 0 Å². The Hall–Kier alpha value is -1.12. The van der Waals surface area contributed by atoms with Crippen molar-refractivity contribution in [1.29, 1.82) is 0 Å². The van der Waals surface area contributed by atoms with Crippen LogP contribution in [0.4, 0.5) is 0 Å². The first-order valence-electron chi connectivity index (χ1n) is 8.46. The molecule has 1 N–H and O–H groups in total. The summed E-state index contributed by atoms with van der Waals surface area (Å²) in [6, 6.07) is 10.8. The zero-order valence-electron chi connectivity index (χ0n) is 14.5. The van der Waals surface area contributed by atoms with Gasteiger partial charge >= 0.3 is 0 Å². The molecule has 1 aliphatic carbocycles. The smallest absolute Gasteiger partial charge is 0.0865 e. The number of aliphatic hydroxyl groups is 1. The predicted octanol–water partition coefficient (Wildman–Crippen LogP) is 4.80. The molecule has 0 saturated heterocycles. The number of benzene rings is 1. The molecule has 0 aliphatic heterocycles. The molecule has 0 fully saturated rings. The van der Waals surface area contributed by atoms with Crippen LogP contribution in [-0.2, 0) is 0 Å². The largest absolute Gasteiger partial charge is 0.393 e. The van der Waals surface area contributed by atoms with Crippen molar-refractivity contribution in [2.75, 3.05) is 0 Å². The lowest BCUT2D eigenvalue weighted by atomic mass is 9.93. The van der Waals surface area contributed by atoms with Crippen LogP contribution in [0, 0.1) is 0 Å². The van der Waals surface area contributed by atoms with Crippen molar-refractivity contribution in [2.45, 2.75) is 64.3 Å². The van der Waals surface area contributed by atoms with Gasteiger partial charge in [0.25, 0.3) is 0 Å². The molecule has 120 valence electrons.